The summed E-state index contributed by atoms with van der Waals surface area (Å²) < 4.78 is 0. The summed E-state index contributed by atoms with van der Waals surface area (Å²) in [5.74, 6) is 0.683. The molecule has 0 N–H and O–H groups in total. The fraction of sp³-hybridized carbons (Fsp3) is 0.875. The lowest BCUT2D eigenvalue weighted by Crippen LogP contribution is -2.10. The van der Waals surface area contributed by atoms with Crippen LogP contribution in [0.4, 0.5) is 0 Å². The van der Waals surface area contributed by atoms with Gasteiger partial charge in [0, 0.05) is 5.92 Å². The minimum Gasteiger partial charge on any atom is -0.395 e. The van der Waals surface area contributed by atoms with E-state index in [1.54, 1.807) is 0 Å². The monoisotopic (exact) mass is 139 g/mol. The predicted octanol–water partition coefficient (Wildman–Crippen LogP) is 1.95. The van der Waals surface area contributed by atoms with Crippen LogP contribution in [0.5, 0.6) is 0 Å². The number of rotatable bonds is 0. The van der Waals surface area contributed by atoms with Gasteiger partial charge < -0.3 is 4.84 Å². The highest BCUT2D eigenvalue weighted by molar-refractivity contribution is 5.87. The van der Waals surface area contributed by atoms with E-state index in [0.29, 0.717) is 5.92 Å². The Labute approximate surface area is 61.2 Å². The van der Waals surface area contributed by atoms with Gasteiger partial charge in [0.05, 0.1) is 5.71 Å². The molecule has 0 radical (unpaired) electrons. The van der Waals surface area contributed by atoms with Gasteiger partial charge in [-0.1, -0.05) is 18.0 Å². The molecule has 1 aliphatic carbocycles. The Morgan fingerprint density at radius 3 is 3.30 bits per heavy atom. The number of fused-ring (bicyclic) bond motifs is 1. The normalized spacial score (nSPS) is 32.0. The van der Waals surface area contributed by atoms with Crippen LogP contribution in [0.1, 0.15) is 32.1 Å². The molecule has 10 heavy (non-hydrogen) atoms. The molecule has 1 atom stereocenters. The SMILES string of the molecule is C1CCC2=NOCC2CC1. The zero-order chi connectivity index (χ0) is 6.81. The average molecular weight is 139 g/mol. The Morgan fingerprint density at radius 2 is 2.30 bits per heavy atom. The molecular weight excluding hydrogens is 126 g/mol. The topological polar surface area (TPSA) is 21.6 Å². The van der Waals surface area contributed by atoms with E-state index in [9.17, 15) is 0 Å². The molecule has 0 spiro atoms. The van der Waals surface area contributed by atoms with Crippen molar-refractivity contribution in [1.82, 2.24) is 0 Å². The molecule has 2 aliphatic rings. The molecule has 2 rings (SSSR count). The fourth-order valence-electron chi connectivity index (χ4n) is 1.75. The maximum atomic E-state index is 5.04. The quantitative estimate of drug-likeness (QED) is 0.502. The molecule has 1 fully saturated rings. The lowest BCUT2D eigenvalue weighted by Gasteiger charge is -2.02. The van der Waals surface area contributed by atoms with Gasteiger partial charge in [0.1, 0.15) is 6.61 Å². The number of nitrogens with zero attached hydrogens (tertiary/aromatic N) is 1. The van der Waals surface area contributed by atoms with Crippen LogP contribution in [0.3, 0.4) is 0 Å². The van der Waals surface area contributed by atoms with Crippen molar-refractivity contribution in [1.29, 1.82) is 0 Å². The average Bonchev–Trinajstić information content (AvgIpc) is 2.28. The van der Waals surface area contributed by atoms with E-state index in [1.165, 1.54) is 37.8 Å². The van der Waals surface area contributed by atoms with E-state index < -0.39 is 0 Å². The predicted molar refractivity (Wildman–Crippen MR) is 40.0 cm³/mol. The van der Waals surface area contributed by atoms with Crippen LogP contribution >= 0.6 is 0 Å². The van der Waals surface area contributed by atoms with Crippen molar-refractivity contribution in [3.05, 3.63) is 0 Å². The van der Waals surface area contributed by atoms with E-state index in [1.807, 2.05) is 0 Å². The molecule has 0 aromatic heterocycles. The summed E-state index contributed by atoms with van der Waals surface area (Å²) in [7, 11) is 0. The summed E-state index contributed by atoms with van der Waals surface area (Å²) in [6.07, 6.45) is 6.56. The maximum Gasteiger partial charge on any atom is 0.125 e. The van der Waals surface area contributed by atoms with Crippen molar-refractivity contribution in [3.8, 4) is 0 Å². The second-order valence-electron chi connectivity index (χ2n) is 3.17. The first kappa shape index (κ1) is 6.20. The molecule has 1 aliphatic heterocycles. The molecule has 0 amide bonds. The third-order valence-electron chi connectivity index (χ3n) is 2.41. The van der Waals surface area contributed by atoms with Crippen LogP contribution in [0.2, 0.25) is 0 Å². The Balaban J connectivity index is 2.06. The first-order chi connectivity index (χ1) is 4.97. The van der Waals surface area contributed by atoms with Gasteiger partial charge in [-0.25, -0.2) is 0 Å². The van der Waals surface area contributed by atoms with Crippen LogP contribution in [-0.4, -0.2) is 12.3 Å². The molecule has 1 saturated carbocycles. The lowest BCUT2D eigenvalue weighted by molar-refractivity contribution is 0.152. The van der Waals surface area contributed by atoms with Gasteiger partial charge in [-0.3, -0.25) is 0 Å². The van der Waals surface area contributed by atoms with Gasteiger partial charge in [-0.15, -0.1) is 0 Å². The second-order valence-corrected chi connectivity index (χ2v) is 3.17. The molecule has 2 heteroatoms. The second kappa shape index (κ2) is 2.60. The first-order valence-electron chi connectivity index (χ1n) is 4.15. The number of hydrogen-bond donors (Lipinski definition) is 0. The van der Waals surface area contributed by atoms with Crippen molar-refractivity contribution in [2.75, 3.05) is 6.61 Å². The van der Waals surface area contributed by atoms with Crippen molar-refractivity contribution in [2.24, 2.45) is 11.1 Å². The van der Waals surface area contributed by atoms with Gasteiger partial charge in [0.25, 0.3) is 0 Å². The smallest absolute Gasteiger partial charge is 0.125 e. The Bertz CT molecular complexity index is 153. The van der Waals surface area contributed by atoms with Crippen LogP contribution in [-0.2, 0) is 4.84 Å². The number of hydrogen-bond acceptors (Lipinski definition) is 2. The Morgan fingerprint density at radius 1 is 1.30 bits per heavy atom. The van der Waals surface area contributed by atoms with Crippen LogP contribution in [0.25, 0.3) is 0 Å². The van der Waals surface area contributed by atoms with Crippen molar-refractivity contribution < 1.29 is 4.84 Å². The minimum atomic E-state index is 0.683. The van der Waals surface area contributed by atoms with E-state index in [2.05, 4.69) is 5.16 Å². The summed E-state index contributed by atoms with van der Waals surface area (Å²) in [5, 5.41) is 4.03. The highest BCUT2D eigenvalue weighted by Gasteiger charge is 2.24. The molecule has 2 nitrogen and oxygen atoms in total. The fourth-order valence-corrected chi connectivity index (χ4v) is 1.75. The zero-order valence-corrected chi connectivity index (χ0v) is 6.18. The zero-order valence-electron chi connectivity index (χ0n) is 6.18. The van der Waals surface area contributed by atoms with Gasteiger partial charge >= 0.3 is 0 Å². The van der Waals surface area contributed by atoms with E-state index in [4.69, 9.17) is 4.84 Å². The summed E-state index contributed by atoms with van der Waals surface area (Å²) in [4.78, 5) is 5.04. The number of oxime groups is 1. The molecule has 0 aromatic rings. The van der Waals surface area contributed by atoms with Crippen LogP contribution in [0.15, 0.2) is 5.16 Å². The highest BCUT2D eigenvalue weighted by atomic mass is 16.6. The largest absolute Gasteiger partial charge is 0.395 e. The molecule has 1 heterocycles. The molecule has 56 valence electrons. The third kappa shape index (κ3) is 1.02. The maximum absolute atomic E-state index is 5.04. The van der Waals surface area contributed by atoms with Crippen molar-refractivity contribution in [3.63, 3.8) is 0 Å². The molecule has 0 bridgehead atoms. The van der Waals surface area contributed by atoms with Crippen molar-refractivity contribution in [2.45, 2.75) is 32.1 Å². The summed E-state index contributed by atoms with van der Waals surface area (Å²) in [5.41, 5.74) is 1.33. The van der Waals surface area contributed by atoms with E-state index >= 15 is 0 Å². The van der Waals surface area contributed by atoms with Gasteiger partial charge in [-0.05, 0) is 19.3 Å². The first-order valence-corrected chi connectivity index (χ1v) is 4.15. The Kier molecular flexibility index (Phi) is 1.61. The minimum absolute atomic E-state index is 0.683. The highest BCUT2D eigenvalue weighted by Crippen LogP contribution is 2.24. The summed E-state index contributed by atoms with van der Waals surface area (Å²) in [6, 6.07) is 0. The van der Waals surface area contributed by atoms with Gasteiger partial charge in [0.15, 0.2) is 0 Å². The Hall–Kier alpha value is -0.530. The molecule has 1 unspecified atom stereocenters. The van der Waals surface area contributed by atoms with Gasteiger partial charge in [-0.2, -0.15) is 0 Å². The standard InChI is InChI=1S/C8H13NO/c1-2-4-7-6-10-9-8(7)5-3-1/h7H,1-6H2. The lowest BCUT2D eigenvalue weighted by atomic mass is 10.0. The molecular formula is C8H13NO. The van der Waals surface area contributed by atoms with Gasteiger partial charge in [0.2, 0.25) is 0 Å². The van der Waals surface area contributed by atoms with E-state index in [0.717, 1.165) is 6.61 Å². The van der Waals surface area contributed by atoms with Crippen molar-refractivity contribution >= 4 is 5.71 Å². The molecule has 0 saturated heterocycles. The summed E-state index contributed by atoms with van der Waals surface area (Å²) in [6.45, 7) is 0.856. The molecule has 0 aromatic carbocycles. The van der Waals surface area contributed by atoms with Crippen LogP contribution in [0, 0.1) is 5.92 Å². The third-order valence-corrected chi connectivity index (χ3v) is 2.41. The van der Waals surface area contributed by atoms with E-state index in [-0.39, 0.29) is 0 Å². The summed E-state index contributed by atoms with van der Waals surface area (Å²) >= 11 is 0. The van der Waals surface area contributed by atoms with Crippen LogP contribution < -0.4 is 0 Å².